The van der Waals surface area contributed by atoms with Crippen molar-refractivity contribution in [1.29, 1.82) is 0 Å². The van der Waals surface area contributed by atoms with Crippen molar-refractivity contribution < 1.29 is 67.8 Å². The summed E-state index contributed by atoms with van der Waals surface area (Å²) in [4.78, 5) is 24.9. The van der Waals surface area contributed by atoms with E-state index in [1.165, 1.54) is 12.1 Å². The molecule has 0 bridgehead atoms. The summed E-state index contributed by atoms with van der Waals surface area (Å²) in [6.07, 6.45) is 25.3. The third-order valence-corrected chi connectivity index (χ3v) is 8.98. The molecule has 0 spiro atoms. The van der Waals surface area contributed by atoms with E-state index in [-0.39, 0.29) is 33.1 Å². The van der Waals surface area contributed by atoms with E-state index < -0.39 is 35.1 Å². The van der Waals surface area contributed by atoms with E-state index in [1.54, 1.807) is 24.3 Å². The van der Waals surface area contributed by atoms with Gasteiger partial charge in [0.05, 0.1) is 39.6 Å². The van der Waals surface area contributed by atoms with Crippen LogP contribution >= 0.6 is 0 Å². The van der Waals surface area contributed by atoms with Gasteiger partial charge in [-0.2, -0.15) is 12.2 Å². The molecule has 0 atom stereocenters. The Balaban J connectivity index is 0.000000361. The van der Waals surface area contributed by atoms with Crippen LogP contribution in [0.25, 0.3) is 0 Å². The van der Waals surface area contributed by atoms with Crippen LogP contribution in [0.5, 0.6) is 0 Å². The average molecular weight is 931 g/mol. The van der Waals surface area contributed by atoms with E-state index in [4.69, 9.17) is 18.9 Å². The molecule has 4 aromatic rings. The van der Waals surface area contributed by atoms with E-state index >= 15 is 0 Å². The van der Waals surface area contributed by atoms with Crippen LogP contribution in [-0.2, 0) is 53.5 Å². The van der Waals surface area contributed by atoms with Crippen molar-refractivity contribution in [1.82, 2.24) is 0 Å². The van der Waals surface area contributed by atoms with E-state index in [0.717, 1.165) is 75.0 Å². The SMILES string of the molecule is CCCCOCCOCCc1ccccc1C(=O)Nc1ccc(F)[c-]c1F.CCCCOCCOCCc1ccccc1C(=O)Nc1ccc(F)[c-]c1F.[C-]1=CC=CC1.[C-]1=CC=CC1.[Ti+4]. The van der Waals surface area contributed by atoms with Gasteiger partial charge in [0.1, 0.15) is 0 Å². The Morgan fingerprint density at radius 3 is 1.25 bits per heavy atom. The molecule has 13 heteroatoms. The van der Waals surface area contributed by atoms with Gasteiger partial charge in [0, 0.05) is 47.6 Å². The molecule has 8 nitrogen and oxygen atoms in total. The van der Waals surface area contributed by atoms with Gasteiger partial charge >= 0.3 is 21.7 Å². The van der Waals surface area contributed by atoms with Crippen LogP contribution in [-0.4, -0.2) is 64.7 Å². The molecular formula is C52H58F4N2O6Ti. The van der Waals surface area contributed by atoms with Gasteiger partial charge < -0.3 is 29.6 Å². The topological polar surface area (TPSA) is 95.1 Å². The minimum absolute atomic E-state index is 0. The predicted octanol–water partition coefficient (Wildman–Crippen LogP) is 11.4. The molecule has 4 aromatic carbocycles. The fraction of sp³-hybridized carbons (Fsp3) is 0.346. The van der Waals surface area contributed by atoms with Crippen LogP contribution in [0.4, 0.5) is 28.9 Å². The summed E-state index contributed by atoms with van der Waals surface area (Å²) in [5.74, 6) is -4.44. The zero-order chi connectivity index (χ0) is 46.0. The minimum atomic E-state index is -0.938. The van der Waals surface area contributed by atoms with E-state index in [2.05, 4.69) is 48.8 Å². The molecule has 2 aliphatic rings. The molecule has 0 saturated carbocycles. The van der Waals surface area contributed by atoms with Crippen LogP contribution in [0.15, 0.2) is 109 Å². The monoisotopic (exact) mass is 930 g/mol. The summed E-state index contributed by atoms with van der Waals surface area (Å²) < 4.78 is 75.1. The molecule has 2 N–H and O–H groups in total. The number of halogens is 4. The zero-order valence-corrected chi connectivity index (χ0v) is 38.7. The predicted molar refractivity (Wildman–Crippen MR) is 243 cm³/mol. The van der Waals surface area contributed by atoms with Crippen molar-refractivity contribution in [3.05, 3.63) is 179 Å². The number of ether oxygens (including phenoxy) is 4. The van der Waals surface area contributed by atoms with Gasteiger partial charge in [0.25, 0.3) is 0 Å². The first-order valence-corrected chi connectivity index (χ1v) is 21.5. The van der Waals surface area contributed by atoms with Crippen molar-refractivity contribution in [2.45, 2.75) is 65.2 Å². The first-order valence-electron chi connectivity index (χ1n) is 21.5. The molecule has 0 fully saturated rings. The maximum absolute atomic E-state index is 13.7. The fourth-order valence-corrected chi connectivity index (χ4v) is 5.56. The number of unbranched alkanes of at least 4 members (excludes halogenated alkanes) is 2. The second-order valence-electron chi connectivity index (χ2n) is 14.0. The standard InChI is InChI=1S/2C21H24F2NO3.2C5H5.Ti/c2*1-2-3-11-26-13-14-27-12-10-16-6-4-5-7-18(16)21(25)24-20-9-8-17(22)15-19(20)23;2*1-2-4-5-3-1;/h2*4-9H,2-3,10-14H2,1H3,(H,24,25);2*1-3H,4H2;/q4*-1;+4. The van der Waals surface area contributed by atoms with Gasteiger partial charge in [-0.15, -0.1) is 49.2 Å². The molecule has 65 heavy (non-hydrogen) atoms. The van der Waals surface area contributed by atoms with Gasteiger partial charge in [-0.05, 0) is 60.3 Å². The van der Waals surface area contributed by atoms with Crippen LogP contribution in [0.2, 0.25) is 0 Å². The van der Waals surface area contributed by atoms with Gasteiger partial charge in [0.15, 0.2) is 0 Å². The number of benzene rings is 4. The number of anilines is 2. The molecule has 0 aromatic heterocycles. The number of hydrogen-bond acceptors (Lipinski definition) is 6. The molecule has 0 unspecified atom stereocenters. The van der Waals surface area contributed by atoms with Crippen molar-refractivity contribution in [3.63, 3.8) is 0 Å². The van der Waals surface area contributed by atoms with Crippen molar-refractivity contribution in [3.8, 4) is 0 Å². The van der Waals surface area contributed by atoms with Crippen LogP contribution in [0.1, 0.15) is 84.2 Å². The van der Waals surface area contributed by atoms with Crippen molar-refractivity contribution in [2.24, 2.45) is 0 Å². The largest absolute Gasteiger partial charge is 4.00 e. The second kappa shape index (κ2) is 35.3. The first-order chi connectivity index (χ1) is 31.2. The Bertz CT molecular complexity index is 1930. The Morgan fingerprint density at radius 2 is 0.923 bits per heavy atom. The molecular weight excluding hydrogens is 872 g/mol. The number of allylic oxidation sites excluding steroid dienone is 8. The Hall–Kier alpha value is -4.95. The van der Waals surface area contributed by atoms with Crippen LogP contribution in [0, 0.1) is 47.6 Å². The van der Waals surface area contributed by atoms with E-state index in [0.29, 0.717) is 63.6 Å². The van der Waals surface area contributed by atoms with Crippen molar-refractivity contribution in [2.75, 3.05) is 63.5 Å². The number of amides is 2. The molecule has 0 saturated heterocycles. The maximum atomic E-state index is 13.7. The summed E-state index contributed by atoms with van der Waals surface area (Å²) >= 11 is 0. The summed E-state index contributed by atoms with van der Waals surface area (Å²) in [7, 11) is 0. The normalized spacial score (nSPS) is 11.7. The molecule has 0 radical (unpaired) electrons. The third kappa shape index (κ3) is 24.2. The maximum Gasteiger partial charge on any atom is 4.00 e. The summed E-state index contributed by atoms with van der Waals surface area (Å²) in [6, 6.07) is 22.3. The number of carbonyl (C=O) groups excluding carboxylic acids is 2. The smallest absolute Gasteiger partial charge is 0.379 e. The third-order valence-electron chi connectivity index (χ3n) is 8.98. The molecule has 0 heterocycles. The summed E-state index contributed by atoms with van der Waals surface area (Å²) in [6.45, 7) is 8.65. The van der Waals surface area contributed by atoms with Gasteiger partial charge in [-0.1, -0.05) is 63.1 Å². The van der Waals surface area contributed by atoms with Crippen LogP contribution < -0.4 is 10.6 Å². The fourth-order valence-electron chi connectivity index (χ4n) is 5.56. The van der Waals surface area contributed by atoms with E-state index in [1.807, 2.05) is 60.7 Å². The zero-order valence-electron chi connectivity index (χ0n) is 37.2. The Morgan fingerprint density at radius 1 is 0.538 bits per heavy atom. The van der Waals surface area contributed by atoms with Gasteiger partial charge in [-0.3, -0.25) is 21.7 Å². The summed E-state index contributed by atoms with van der Waals surface area (Å²) in [5.41, 5.74) is 2.18. The molecule has 6 rings (SSSR count). The van der Waals surface area contributed by atoms with Crippen LogP contribution in [0.3, 0.4) is 0 Å². The van der Waals surface area contributed by atoms with Gasteiger partial charge in [0.2, 0.25) is 11.8 Å². The molecule has 0 aliphatic heterocycles. The molecule has 2 amide bonds. The molecule has 2 aliphatic carbocycles. The van der Waals surface area contributed by atoms with E-state index in [9.17, 15) is 27.2 Å². The first kappa shape index (κ1) is 56.2. The van der Waals surface area contributed by atoms with Crippen molar-refractivity contribution >= 4 is 23.2 Å². The number of rotatable bonds is 22. The number of nitrogens with one attached hydrogen (secondary N) is 2. The quantitative estimate of drug-likeness (QED) is 0.0353. The minimum Gasteiger partial charge on any atom is -0.379 e. The molecule has 344 valence electrons. The summed E-state index contributed by atoms with van der Waals surface area (Å²) in [5, 5.41) is 4.90. The van der Waals surface area contributed by atoms with Gasteiger partial charge in [-0.25, -0.2) is 41.9 Å². The number of carbonyl (C=O) groups is 2. The average Bonchev–Trinajstić information content (AvgIpc) is 4.10. The number of hydrogen-bond donors (Lipinski definition) is 2. The second-order valence-corrected chi connectivity index (χ2v) is 14.0. The Labute approximate surface area is 397 Å². The Kier molecular flexibility index (Phi) is 30.5.